The Bertz CT molecular complexity index is 1060. The summed E-state index contributed by atoms with van der Waals surface area (Å²) in [6.45, 7) is 5.32. The van der Waals surface area contributed by atoms with Gasteiger partial charge in [-0.25, -0.2) is 9.36 Å². The average molecular weight is 500 g/mol. The maximum atomic E-state index is 13.5. The normalized spacial score (nSPS) is 14.9. The minimum atomic E-state index is -3.95. The van der Waals surface area contributed by atoms with E-state index in [0.717, 1.165) is 0 Å². The summed E-state index contributed by atoms with van der Waals surface area (Å²) in [4.78, 5) is 37.5. The number of nitrogens with one attached hydrogen (secondary N) is 2. The second kappa shape index (κ2) is 12.8. The molecule has 2 rings (SSSR count). The van der Waals surface area contributed by atoms with Crippen LogP contribution in [-0.2, 0) is 25.2 Å². The molecular weight excluding hydrogens is 469 g/mol. The van der Waals surface area contributed by atoms with Gasteiger partial charge in [-0.3, -0.25) is 19.1 Å². The molecule has 1 heterocycles. The van der Waals surface area contributed by atoms with E-state index in [4.69, 9.17) is 13.8 Å². The number of aromatic amines is 1. The second-order valence-corrected chi connectivity index (χ2v) is 10.3. The number of rotatable bonds is 13. The minimum Gasteiger partial charge on any atom is -0.462 e. The van der Waals surface area contributed by atoms with Gasteiger partial charge in [-0.05, 0) is 45.6 Å². The zero-order valence-corrected chi connectivity index (χ0v) is 20.8. The van der Waals surface area contributed by atoms with Crippen LogP contribution in [-0.4, -0.2) is 45.8 Å². The monoisotopic (exact) mass is 499 g/mol. The standard InChI is InChI=1S/C21H30N3O7PS/c1-15(2)30-20(26)16(3)23-32(28,31-17-8-6-5-7-9-17)29-14-18(33-4)10-12-24-13-11-19(25)22-21(24)27/h5-9,11,13,15-16,18H,10,12,14H2,1-4H3,(H,23,28)(H,22,25,27). The van der Waals surface area contributed by atoms with Crippen LogP contribution in [0.3, 0.4) is 0 Å². The first-order chi connectivity index (χ1) is 15.6. The zero-order valence-electron chi connectivity index (χ0n) is 19.1. The van der Waals surface area contributed by atoms with Crippen molar-refractivity contribution in [3.63, 3.8) is 0 Å². The number of hydrogen-bond donors (Lipinski definition) is 2. The SMILES string of the molecule is CSC(CCn1ccc(=O)[nH]c1=O)COP(=O)(NC(C)C(=O)OC(C)C)Oc1ccccc1. The number of esters is 1. The van der Waals surface area contributed by atoms with Crippen LogP contribution in [0.1, 0.15) is 27.2 Å². The average Bonchev–Trinajstić information content (AvgIpc) is 2.75. The first kappa shape index (κ1) is 26.9. The summed E-state index contributed by atoms with van der Waals surface area (Å²) in [5.74, 6) is -0.261. The third-order valence-electron chi connectivity index (χ3n) is 4.38. The Balaban J connectivity index is 2.08. The summed E-state index contributed by atoms with van der Waals surface area (Å²) in [5.41, 5.74) is -0.961. The molecule has 2 N–H and O–H groups in total. The fourth-order valence-electron chi connectivity index (χ4n) is 2.69. The molecule has 10 nitrogen and oxygen atoms in total. The van der Waals surface area contributed by atoms with Gasteiger partial charge in [0.25, 0.3) is 5.56 Å². The zero-order chi connectivity index (χ0) is 24.4. The first-order valence-electron chi connectivity index (χ1n) is 10.4. The van der Waals surface area contributed by atoms with Crippen molar-refractivity contribution in [2.45, 2.75) is 51.1 Å². The fraction of sp³-hybridized carbons (Fsp3) is 0.476. The van der Waals surface area contributed by atoms with E-state index < -0.39 is 31.0 Å². The number of carbonyl (C=O) groups excluding carboxylic acids is 1. The molecule has 3 atom stereocenters. The number of aromatic nitrogens is 2. The Labute approximate surface area is 196 Å². The van der Waals surface area contributed by atoms with Gasteiger partial charge in [-0.15, -0.1) is 0 Å². The molecule has 0 saturated carbocycles. The van der Waals surface area contributed by atoms with Crippen LogP contribution in [0.25, 0.3) is 0 Å². The molecule has 0 spiro atoms. The van der Waals surface area contributed by atoms with Crippen LogP contribution >= 0.6 is 19.5 Å². The van der Waals surface area contributed by atoms with Gasteiger partial charge in [0.2, 0.25) is 0 Å². The number of hydrogen-bond acceptors (Lipinski definition) is 8. The van der Waals surface area contributed by atoms with Gasteiger partial charge in [0.1, 0.15) is 11.8 Å². The minimum absolute atomic E-state index is 0.0301. The highest BCUT2D eigenvalue weighted by atomic mass is 32.2. The number of nitrogens with zero attached hydrogens (tertiary/aromatic N) is 1. The summed E-state index contributed by atoms with van der Waals surface area (Å²) in [6, 6.07) is 8.83. The third kappa shape index (κ3) is 9.21. The van der Waals surface area contributed by atoms with Crippen molar-refractivity contribution in [1.82, 2.24) is 14.6 Å². The van der Waals surface area contributed by atoms with Gasteiger partial charge < -0.3 is 13.8 Å². The van der Waals surface area contributed by atoms with Crippen molar-refractivity contribution in [3.8, 4) is 5.75 Å². The molecule has 0 radical (unpaired) electrons. The van der Waals surface area contributed by atoms with Gasteiger partial charge in [0.05, 0.1) is 12.7 Å². The summed E-state index contributed by atoms with van der Waals surface area (Å²) in [5, 5.41) is 2.51. The predicted molar refractivity (Wildman–Crippen MR) is 128 cm³/mol. The van der Waals surface area contributed by atoms with E-state index >= 15 is 0 Å². The van der Waals surface area contributed by atoms with E-state index in [9.17, 15) is 18.9 Å². The van der Waals surface area contributed by atoms with Crippen LogP contribution in [0.2, 0.25) is 0 Å². The van der Waals surface area contributed by atoms with E-state index in [0.29, 0.717) is 18.7 Å². The maximum Gasteiger partial charge on any atom is 0.459 e. The molecule has 1 aromatic heterocycles. The quantitative estimate of drug-likeness (QED) is 0.316. The molecule has 1 aromatic carbocycles. The molecule has 0 aliphatic carbocycles. The van der Waals surface area contributed by atoms with Crippen LogP contribution in [0.15, 0.2) is 52.2 Å². The number of H-pyrrole nitrogens is 1. The maximum absolute atomic E-state index is 13.5. The highest BCUT2D eigenvalue weighted by molar-refractivity contribution is 7.99. The molecule has 12 heteroatoms. The Kier molecular flexibility index (Phi) is 10.4. The number of aryl methyl sites for hydroxylation is 1. The number of carbonyl (C=O) groups is 1. The van der Waals surface area contributed by atoms with Crippen molar-refractivity contribution >= 4 is 25.5 Å². The van der Waals surface area contributed by atoms with Crippen LogP contribution < -0.4 is 20.9 Å². The summed E-state index contributed by atoms with van der Waals surface area (Å²) in [7, 11) is -3.95. The number of ether oxygens (including phenoxy) is 1. The smallest absolute Gasteiger partial charge is 0.459 e. The Morgan fingerprint density at radius 2 is 1.88 bits per heavy atom. The number of thioether (sulfide) groups is 1. The Morgan fingerprint density at radius 1 is 1.18 bits per heavy atom. The fourth-order valence-corrected chi connectivity index (χ4v) is 4.87. The van der Waals surface area contributed by atoms with Gasteiger partial charge in [-0.2, -0.15) is 16.8 Å². The van der Waals surface area contributed by atoms with E-state index in [1.54, 1.807) is 44.2 Å². The lowest BCUT2D eigenvalue weighted by molar-refractivity contribution is -0.149. The van der Waals surface area contributed by atoms with E-state index in [1.165, 1.54) is 35.5 Å². The lowest BCUT2D eigenvalue weighted by atomic mass is 10.3. The third-order valence-corrected chi connectivity index (χ3v) is 7.06. The summed E-state index contributed by atoms with van der Waals surface area (Å²) in [6.07, 6.45) is 3.47. The summed E-state index contributed by atoms with van der Waals surface area (Å²) < 4.78 is 31.4. The largest absolute Gasteiger partial charge is 0.462 e. The molecule has 2 aromatic rings. The molecule has 0 amide bonds. The van der Waals surface area contributed by atoms with E-state index in [-0.39, 0.29) is 18.0 Å². The van der Waals surface area contributed by atoms with Gasteiger partial charge in [-0.1, -0.05) is 18.2 Å². The first-order valence-corrected chi connectivity index (χ1v) is 13.2. The molecule has 3 unspecified atom stereocenters. The molecule has 0 aliphatic heterocycles. The van der Waals surface area contributed by atoms with Crippen LogP contribution in [0.4, 0.5) is 0 Å². The highest BCUT2D eigenvalue weighted by Gasteiger charge is 2.33. The lowest BCUT2D eigenvalue weighted by Gasteiger charge is -2.25. The molecule has 0 bridgehead atoms. The molecule has 33 heavy (non-hydrogen) atoms. The highest BCUT2D eigenvalue weighted by Crippen LogP contribution is 2.45. The predicted octanol–water partition coefficient (Wildman–Crippen LogP) is 2.79. The molecule has 0 fully saturated rings. The summed E-state index contributed by atoms with van der Waals surface area (Å²) >= 11 is 1.47. The molecule has 182 valence electrons. The van der Waals surface area contributed by atoms with Gasteiger partial charge >= 0.3 is 19.4 Å². The van der Waals surface area contributed by atoms with Crippen molar-refractivity contribution in [2.24, 2.45) is 0 Å². The lowest BCUT2D eigenvalue weighted by Crippen LogP contribution is -2.36. The number of benzene rings is 1. The molecule has 0 aliphatic rings. The topological polar surface area (TPSA) is 129 Å². The van der Waals surface area contributed by atoms with Crippen molar-refractivity contribution in [3.05, 3.63) is 63.4 Å². The van der Waals surface area contributed by atoms with Crippen molar-refractivity contribution < 1.29 is 23.1 Å². The van der Waals surface area contributed by atoms with E-state index in [2.05, 4.69) is 10.1 Å². The van der Waals surface area contributed by atoms with Gasteiger partial charge in [0, 0.05) is 24.1 Å². The molecule has 0 saturated heterocycles. The van der Waals surface area contributed by atoms with Crippen molar-refractivity contribution in [2.75, 3.05) is 12.9 Å². The second-order valence-electron chi connectivity index (χ2n) is 7.48. The van der Waals surface area contributed by atoms with Crippen molar-refractivity contribution in [1.29, 1.82) is 0 Å². The van der Waals surface area contributed by atoms with Crippen LogP contribution in [0.5, 0.6) is 5.75 Å². The Hall–Kier alpha value is -2.33. The molecular formula is C21H30N3O7PS. The van der Waals surface area contributed by atoms with E-state index in [1.807, 2.05) is 6.26 Å². The Morgan fingerprint density at radius 3 is 2.48 bits per heavy atom. The number of para-hydroxylation sites is 1. The van der Waals surface area contributed by atoms with Gasteiger partial charge in [0.15, 0.2) is 0 Å². The van der Waals surface area contributed by atoms with Crippen LogP contribution in [0, 0.1) is 0 Å².